The number of hydrogen-bond acceptors (Lipinski definition) is 3. The number of nitrogens with one attached hydrogen (secondary N) is 1. The van der Waals surface area contributed by atoms with Crippen LogP contribution in [0.2, 0.25) is 0 Å². The van der Waals surface area contributed by atoms with Gasteiger partial charge in [-0.15, -0.1) is 0 Å². The molecule has 1 aliphatic carbocycles. The highest BCUT2D eigenvalue weighted by Gasteiger charge is 2.29. The van der Waals surface area contributed by atoms with E-state index >= 15 is 0 Å². The number of para-hydroxylation sites is 1. The second kappa shape index (κ2) is 5.22. The van der Waals surface area contributed by atoms with Crippen LogP contribution in [0.1, 0.15) is 25.7 Å². The number of anilines is 1. The van der Waals surface area contributed by atoms with Crippen molar-refractivity contribution in [2.24, 2.45) is 0 Å². The third-order valence-electron chi connectivity index (χ3n) is 3.14. The van der Waals surface area contributed by atoms with Crippen LogP contribution >= 0.6 is 0 Å². The lowest BCUT2D eigenvalue weighted by Crippen LogP contribution is -2.19. The first kappa shape index (κ1) is 13.3. The lowest BCUT2D eigenvalue weighted by molar-refractivity contribution is 0.235. The molecule has 0 aromatic heterocycles. The molecule has 0 unspecified atom stereocenters. The molecular weight excluding hydrogens is 260 g/mol. The Morgan fingerprint density at radius 2 is 1.78 bits per heavy atom. The Morgan fingerprint density at radius 1 is 1.17 bits per heavy atom. The molecule has 0 saturated heterocycles. The molecule has 2 rings (SSSR count). The Balaban J connectivity index is 2.31. The molecule has 0 heterocycles. The third kappa shape index (κ3) is 2.63. The van der Waals surface area contributed by atoms with E-state index in [1.807, 2.05) is 0 Å². The van der Waals surface area contributed by atoms with Gasteiger partial charge >= 0.3 is 5.76 Å². The summed E-state index contributed by atoms with van der Waals surface area (Å²) in [6, 6.07) is 6.03. The Kier molecular flexibility index (Phi) is 3.85. The lowest BCUT2D eigenvalue weighted by atomic mass is 10.2. The normalized spacial score (nSPS) is 17.3. The zero-order valence-corrected chi connectivity index (χ0v) is 10.6. The van der Waals surface area contributed by atoms with E-state index in [9.17, 15) is 17.2 Å². The Morgan fingerprint density at radius 3 is 2.39 bits per heavy atom. The van der Waals surface area contributed by atoms with Crippen LogP contribution in [0.25, 0.3) is 0 Å². The highest BCUT2D eigenvalue weighted by molar-refractivity contribution is 7.91. The molecule has 18 heavy (non-hydrogen) atoms. The van der Waals surface area contributed by atoms with Gasteiger partial charge in [-0.1, -0.05) is 25.0 Å². The van der Waals surface area contributed by atoms with Gasteiger partial charge in [-0.2, -0.15) is 8.78 Å². The standard InChI is InChI=1S/C12H15F2NO2S/c13-12(14)18(16,17)11-8-4-3-7-10(11)15-9-5-1-2-6-9/h3-4,7-9,12,15H,1-2,5-6H2. The molecule has 3 nitrogen and oxygen atoms in total. The second-order valence-corrected chi connectivity index (χ2v) is 6.31. The van der Waals surface area contributed by atoms with E-state index in [0.717, 1.165) is 25.7 Å². The quantitative estimate of drug-likeness (QED) is 0.918. The van der Waals surface area contributed by atoms with Gasteiger partial charge in [0.25, 0.3) is 0 Å². The molecule has 100 valence electrons. The summed E-state index contributed by atoms with van der Waals surface area (Å²) in [4.78, 5) is -0.313. The summed E-state index contributed by atoms with van der Waals surface area (Å²) in [7, 11) is -4.55. The largest absolute Gasteiger partial charge is 0.381 e. The number of halogens is 2. The minimum Gasteiger partial charge on any atom is -0.381 e. The summed E-state index contributed by atoms with van der Waals surface area (Å²) in [6.45, 7) is 0. The molecule has 1 aromatic carbocycles. The van der Waals surface area contributed by atoms with E-state index in [2.05, 4.69) is 5.32 Å². The smallest absolute Gasteiger partial charge is 0.341 e. The first-order valence-electron chi connectivity index (χ1n) is 5.89. The fourth-order valence-corrected chi connectivity index (χ4v) is 3.11. The topological polar surface area (TPSA) is 46.2 Å². The van der Waals surface area contributed by atoms with Gasteiger partial charge in [-0.25, -0.2) is 8.42 Å². The van der Waals surface area contributed by atoms with Crippen molar-refractivity contribution in [3.63, 3.8) is 0 Å². The van der Waals surface area contributed by atoms with Crippen molar-refractivity contribution in [2.45, 2.75) is 42.4 Å². The molecule has 1 aliphatic rings. The summed E-state index contributed by atoms with van der Waals surface area (Å²) >= 11 is 0. The molecule has 6 heteroatoms. The highest BCUT2D eigenvalue weighted by Crippen LogP contribution is 2.29. The summed E-state index contributed by atoms with van der Waals surface area (Å²) in [6.07, 6.45) is 4.06. The molecule has 0 atom stereocenters. The van der Waals surface area contributed by atoms with Crippen molar-refractivity contribution < 1.29 is 17.2 Å². The Hall–Kier alpha value is -1.17. The summed E-state index contributed by atoms with van der Waals surface area (Å²) < 4.78 is 48.2. The summed E-state index contributed by atoms with van der Waals surface area (Å²) in [5.74, 6) is -3.39. The van der Waals surface area contributed by atoms with Crippen molar-refractivity contribution in [2.75, 3.05) is 5.32 Å². The number of sulfone groups is 1. The van der Waals surface area contributed by atoms with E-state index in [1.54, 1.807) is 6.07 Å². The number of rotatable bonds is 4. The van der Waals surface area contributed by atoms with Crippen molar-refractivity contribution in [3.8, 4) is 0 Å². The van der Waals surface area contributed by atoms with E-state index in [1.165, 1.54) is 18.2 Å². The van der Waals surface area contributed by atoms with E-state index in [4.69, 9.17) is 0 Å². The van der Waals surface area contributed by atoms with Gasteiger partial charge in [0.15, 0.2) is 0 Å². The SMILES string of the molecule is O=S(=O)(c1ccccc1NC1CCCC1)C(F)F. The van der Waals surface area contributed by atoms with Crippen LogP contribution < -0.4 is 5.32 Å². The Bertz CT molecular complexity index is 511. The number of hydrogen-bond donors (Lipinski definition) is 1. The van der Waals surface area contributed by atoms with Crippen LogP contribution in [0, 0.1) is 0 Å². The van der Waals surface area contributed by atoms with Crippen molar-refractivity contribution >= 4 is 15.5 Å². The van der Waals surface area contributed by atoms with Gasteiger partial charge in [0.1, 0.15) is 0 Å². The highest BCUT2D eigenvalue weighted by atomic mass is 32.2. The van der Waals surface area contributed by atoms with Crippen LogP contribution in [-0.4, -0.2) is 20.2 Å². The van der Waals surface area contributed by atoms with E-state index in [-0.39, 0.29) is 16.6 Å². The molecule has 0 spiro atoms. The summed E-state index contributed by atoms with van der Waals surface area (Å²) in [5.41, 5.74) is 0.282. The van der Waals surface area contributed by atoms with Gasteiger partial charge in [0.2, 0.25) is 9.84 Å². The van der Waals surface area contributed by atoms with Gasteiger partial charge in [0, 0.05) is 6.04 Å². The second-order valence-electron chi connectivity index (χ2n) is 4.43. The van der Waals surface area contributed by atoms with E-state index < -0.39 is 15.6 Å². The molecule has 0 amide bonds. The van der Waals surface area contributed by atoms with Crippen LogP contribution in [0.15, 0.2) is 29.2 Å². The van der Waals surface area contributed by atoms with E-state index in [0.29, 0.717) is 0 Å². The van der Waals surface area contributed by atoms with Gasteiger partial charge in [-0.05, 0) is 25.0 Å². The maximum atomic E-state index is 12.6. The van der Waals surface area contributed by atoms with Gasteiger partial charge in [-0.3, -0.25) is 0 Å². The van der Waals surface area contributed by atoms with Crippen LogP contribution in [-0.2, 0) is 9.84 Å². The monoisotopic (exact) mass is 275 g/mol. The van der Waals surface area contributed by atoms with Crippen LogP contribution in [0.3, 0.4) is 0 Å². The molecule has 1 N–H and O–H groups in total. The molecule has 1 aromatic rings. The predicted molar refractivity (Wildman–Crippen MR) is 65.5 cm³/mol. The van der Waals surface area contributed by atoms with Gasteiger partial charge in [0.05, 0.1) is 10.6 Å². The maximum absolute atomic E-state index is 12.6. The maximum Gasteiger partial charge on any atom is 0.341 e. The molecule has 0 radical (unpaired) electrons. The summed E-state index contributed by atoms with van der Waals surface area (Å²) in [5, 5.41) is 3.06. The molecule has 1 saturated carbocycles. The zero-order chi connectivity index (χ0) is 13.2. The minimum atomic E-state index is -4.55. The first-order chi connectivity index (χ1) is 8.51. The average Bonchev–Trinajstić information content (AvgIpc) is 2.82. The molecule has 0 bridgehead atoms. The fourth-order valence-electron chi connectivity index (χ4n) is 2.22. The van der Waals surface area contributed by atoms with Crippen molar-refractivity contribution in [3.05, 3.63) is 24.3 Å². The third-order valence-corrected chi connectivity index (χ3v) is 4.58. The minimum absolute atomic E-state index is 0.180. The predicted octanol–water partition coefficient (Wildman–Crippen LogP) is 3.04. The molecule has 1 fully saturated rings. The average molecular weight is 275 g/mol. The number of benzene rings is 1. The Labute approximate surface area is 105 Å². The van der Waals surface area contributed by atoms with Crippen LogP contribution in [0.5, 0.6) is 0 Å². The number of alkyl halides is 2. The van der Waals surface area contributed by atoms with Crippen molar-refractivity contribution in [1.29, 1.82) is 0 Å². The first-order valence-corrected chi connectivity index (χ1v) is 7.44. The van der Waals surface area contributed by atoms with Crippen LogP contribution in [0.4, 0.5) is 14.5 Å². The van der Waals surface area contributed by atoms with Gasteiger partial charge < -0.3 is 5.32 Å². The fraction of sp³-hybridized carbons (Fsp3) is 0.500. The lowest BCUT2D eigenvalue weighted by Gasteiger charge is -2.16. The zero-order valence-electron chi connectivity index (χ0n) is 9.77. The van der Waals surface area contributed by atoms with Crippen molar-refractivity contribution in [1.82, 2.24) is 0 Å². The molecular formula is C12H15F2NO2S. The molecule has 0 aliphatic heterocycles.